The van der Waals surface area contributed by atoms with Gasteiger partial charge in [-0.2, -0.15) is 10.2 Å². The Morgan fingerprint density at radius 3 is 2.73 bits per heavy atom. The highest BCUT2D eigenvalue weighted by Crippen LogP contribution is 2.26. The smallest absolute Gasteiger partial charge is 0.259 e. The number of aryl methyl sites for hydroxylation is 4. The summed E-state index contributed by atoms with van der Waals surface area (Å²) in [7, 11) is 1.83. The number of hydrogen-bond acceptors (Lipinski definition) is 6. The van der Waals surface area contributed by atoms with E-state index in [4.69, 9.17) is 4.52 Å². The maximum Gasteiger partial charge on any atom is 0.259 e. The average molecular weight is 407 g/mol. The van der Waals surface area contributed by atoms with E-state index in [2.05, 4.69) is 38.6 Å². The number of amides is 1. The first-order valence-electron chi connectivity index (χ1n) is 9.90. The number of nitrogens with zero attached hydrogens (tertiary/aromatic N) is 6. The zero-order valence-corrected chi connectivity index (χ0v) is 17.8. The van der Waals surface area contributed by atoms with Crippen molar-refractivity contribution in [3.05, 3.63) is 47.2 Å². The molecule has 0 fully saturated rings. The molecule has 1 atom stereocenters. The molecule has 0 bridgehead atoms. The van der Waals surface area contributed by atoms with Crippen molar-refractivity contribution in [3.63, 3.8) is 0 Å². The minimum atomic E-state index is -0.181. The lowest BCUT2D eigenvalue weighted by Gasteiger charge is -2.15. The van der Waals surface area contributed by atoms with Gasteiger partial charge in [0, 0.05) is 31.0 Å². The lowest BCUT2D eigenvalue weighted by molar-refractivity contribution is 0.0953. The third-order valence-electron chi connectivity index (χ3n) is 5.17. The van der Waals surface area contributed by atoms with E-state index in [0.29, 0.717) is 34.6 Å². The van der Waals surface area contributed by atoms with E-state index >= 15 is 0 Å². The van der Waals surface area contributed by atoms with E-state index in [1.165, 1.54) is 0 Å². The van der Waals surface area contributed by atoms with Crippen molar-refractivity contribution in [1.29, 1.82) is 0 Å². The van der Waals surface area contributed by atoms with Gasteiger partial charge in [-0.15, -0.1) is 0 Å². The standard InChI is InChI=1S/C21H25N7O2/c1-12-8-14(3)28(25-12)13(2)6-7-22-20(29)17-9-18(16-10-23-27(5)11-16)24-21-19(17)15(4)26-30-21/h8-11,13H,6-7H2,1-5H3,(H,22,29). The summed E-state index contributed by atoms with van der Waals surface area (Å²) in [6.45, 7) is 8.44. The van der Waals surface area contributed by atoms with Gasteiger partial charge in [0.15, 0.2) is 0 Å². The summed E-state index contributed by atoms with van der Waals surface area (Å²) in [5, 5.41) is 16.3. The molecule has 4 heterocycles. The Balaban J connectivity index is 1.55. The second-order valence-corrected chi connectivity index (χ2v) is 7.67. The second kappa shape index (κ2) is 7.74. The van der Waals surface area contributed by atoms with Crippen LogP contribution in [0.2, 0.25) is 0 Å². The van der Waals surface area contributed by atoms with E-state index < -0.39 is 0 Å². The van der Waals surface area contributed by atoms with Crippen LogP contribution in [0.4, 0.5) is 0 Å². The molecular weight excluding hydrogens is 382 g/mol. The van der Waals surface area contributed by atoms with Crippen LogP contribution < -0.4 is 5.32 Å². The molecule has 4 aromatic heterocycles. The molecular formula is C21H25N7O2. The molecule has 156 valence electrons. The molecule has 0 aliphatic rings. The van der Waals surface area contributed by atoms with Crippen molar-refractivity contribution >= 4 is 17.0 Å². The Labute approximate surface area is 174 Å². The number of carbonyl (C=O) groups excluding carboxylic acids is 1. The molecule has 0 aliphatic carbocycles. The maximum atomic E-state index is 13.0. The Hall–Kier alpha value is -3.49. The number of hydrogen-bond donors (Lipinski definition) is 1. The quantitative estimate of drug-likeness (QED) is 0.527. The van der Waals surface area contributed by atoms with Crippen molar-refractivity contribution in [2.75, 3.05) is 6.54 Å². The Morgan fingerprint density at radius 2 is 2.07 bits per heavy atom. The third-order valence-corrected chi connectivity index (χ3v) is 5.17. The molecule has 0 aromatic carbocycles. The van der Waals surface area contributed by atoms with Crippen LogP contribution in [0, 0.1) is 20.8 Å². The highest BCUT2D eigenvalue weighted by atomic mass is 16.5. The summed E-state index contributed by atoms with van der Waals surface area (Å²) < 4.78 is 9.03. The van der Waals surface area contributed by atoms with Crippen LogP contribution >= 0.6 is 0 Å². The zero-order chi connectivity index (χ0) is 21.4. The molecule has 30 heavy (non-hydrogen) atoms. The number of pyridine rings is 1. The third kappa shape index (κ3) is 3.70. The normalized spacial score (nSPS) is 12.4. The molecule has 4 rings (SSSR count). The molecule has 0 saturated heterocycles. The number of carbonyl (C=O) groups is 1. The van der Waals surface area contributed by atoms with Crippen LogP contribution in [-0.4, -0.2) is 42.2 Å². The van der Waals surface area contributed by atoms with Crippen molar-refractivity contribution < 1.29 is 9.32 Å². The highest BCUT2D eigenvalue weighted by Gasteiger charge is 2.20. The molecule has 1 amide bonds. The van der Waals surface area contributed by atoms with E-state index in [1.54, 1.807) is 23.9 Å². The van der Waals surface area contributed by atoms with Gasteiger partial charge in [-0.25, -0.2) is 4.98 Å². The van der Waals surface area contributed by atoms with Gasteiger partial charge in [0.2, 0.25) is 0 Å². The number of aromatic nitrogens is 6. The Morgan fingerprint density at radius 1 is 1.27 bits per heavy atom. The molecule has 0 spiro atoms. The van der Waals surface area contributed by atoms with Gasteiger partial charge >= 0.3 is 0 Å². The fourth-order valence-corrected chi connectivity index (χ4v) is 3.68. The predicted octanol–water partition coefficient (Wildman–Crippen LogP) is 3.13. The molecule has 1 N–H and O–H groups in total. The van der Waals surface area contributed by atoms with Gasteiger partial charge in [0.25, 0.3) is 11.6 Å². The average Bonchev–Trinajstić information content (AvgIpc) is 3.39. The first-order valence-corrected chi connectivity index (χ1v) is 9.90. The topological polar surface area (TPSA) is 104 Å². The minimum Gasteiger partial charge on any atom is -0.352 e. The summed E-state index contributed by atoms with van der Waals surface area (Å²) in [4.78, 5) is 17.5. The van der Waals surface area contributed by atoms with Crippen molar-refractivity contribution in [2.24, 2.45) is 7.05 Å². The van der Waals surface area contributed by atoms with E-state index in [-0.39, 0.29) is 11.9 Å². The lowest BCUT2D eigenvalue weighted by Crippen LogP contribution is -2.27. The van der Waals surface area contributed by atoms with Crippen LogP contribution in [0.15, 0.2) is 29.0 Å². The Kier molecular flexibility index (Phi) is 5.11. The van der Waals surface area contributed by atoms with Crippen LogP contribution in [0.1, 0.15) is 46.8 Å². The molecule has 1 unspecified atom stereocenters. The van der Waals surface area contributed by atoms with Gasteiger partial charge in [0.05, 0.1) is 40.3 Å². The van der Waals surface area contributed by atoms with E-state index in [0.717, 1.165) is 23.4 Å². The van der Waals surface area contributed by atoms with Crippen molar-refractivity contribution in [1.82, 2.24) is 35.0 Å². The van der Waals surface area contributed by atoms with Gasteiger partial charge in [-0.1, -0.05) is 5.16 Å². The van der Waals surface area contributed by atoms with Crippen LogP contribution in [0.3, 0.4) is 0 Å². The number of nitrogens with one attached hydrogen (secondary N) is 1. The zero-order valence-electron chi connectivity index (χ0n) is 17.8. The SMILES string of the molecule is Cc1cc(C)n(C(C)CCNC(=O)c2cc(-c3cnn(C)c3)nc3onc(C)c23)n1. The first kappa shape index (κ1) is 19.8. The van der Waals surface area contributed by atoms with Gasteiger partial charge in [-0.3, -0.25) is 14.2 Å². The van der Waals surface area contributed by atoms with Crippen LogP contribution in [0.5, 0.6) is 0 Å². The fraction of sp³-hybridized carbons (Fsp3) is 0.381. The van der Waals surface area contributed by atoms with Crippen molar-refractivity contribution in [2.45, 2.75) is 40.2 Å². The van der Waals surface area contributed by atoms with E-state index in [9.17, 15) is 4.79 Å². The first-order chi connectivity index (χ1) is 14.3. The number of fused-ring (bicyclic) bond motifs is 1. The largest absolute Gasteiger partial charge is 0.352 e. The lowest BCUT2D eigenvalue weighted by atomic mass is 10.1. The molecule has 0 radical (unpaired) electrons. The molecule has 4 aromatic rings. The van der Waals surface area contributed by atoms with Crippen molar-refractivity contribution in [3.8, 4) is 11.3 Å². The summed E-state index contributed by atoms with van der Waals surface area (Å²) in [6.07, 6.45) is 4.31. The summed E-state index contributed by atoms with van der Waals surface area (Å²) in [5.74, 6) is -0.181. The molecule has 9 nitrogen and oxygen atoms in total. The van der Waals surface area contributed by atoms with Crippen LogP contribution in [0.25, 0.3) is 22.4 Å². The molecule has 0 saturated carbocycles. The second-order valence-electron chi connectivity index (χ2n) is 7.67. The summed E-state index contributed by atoms with van der Waals surface area (Å²) >= 11 is 0. The monoisotopic (exact) mass is 407 g/mol. The van der Waals surface area contributed by atoms with Gasteiger partial charge in [0.1, 0.15) is 0 Å². The Bertz CT molecular complexity index is 1220. The molecule has 9 heteroatoms. The maximum absolute atomic E-state index is 13.0. The van der Waals surface area contributed by atoms with E-state index in [1.807, 2.05) is 31.8 Å². The highest BCUT2D eigenvalue weighted by molar-refractivity contribution is 6.06. The predicted molar refractivity (Wildman–Crippen MR) is 112 cm³/mol. The minimum absolute atomic E-state index is 0.180. The molecule has 0 aliphatic heterocycles. The van der Waals surface area contributed by atoms with Gasteiger partial charge in [-0.05, 0) is 46.2 Å². The summed E-state index contributed by atoms with van der Waals surface area (Å²) in [5.41, 5.74) is 5.01. The summed E-state index contributed by atoms with van der Waals surface area (Å²) in [6, 6.07) is 4.00. The van der Waals surface area contributed by atoms with Gasteiger partial charge < -0.3 is 9.84 Å². The fourth-order valence-electron chi connectivity index (χ4n) is 3.68. The number of rotatable bonds is 6. The van der Waals surface area contributed by atoms with Crippen LogP contribution in [-0.2, 0) is 7.05 Å².